The molecular weight excluding hydrogens is 438 g/mol. The van der Waals surface area contributed by atoms with Crippen molar-refractivity contribution < 1.29 is 20.1 Å². The summed E-state index contributed by atoms with van der Waals surface area (Å²) in [7, 11) is 0. The van der Waals surface area contributed by atoms with Gasteiger partial charge in [0.25, 0.3) is 0 Å². The Labute approximate surface area is 206 Å². The first-order valence-electron chi connectivity index (χ1n) is 11.5. The molecule has 0 bridgehead atoms. The molecule has 0 heterocycles. The van der Waals surface area contributed by atoms with Gasteiger partial charge in [0.2, 0.25) is 0 Å². The maximum atomic E-state index is 10.2. The molecule has 0 radical (unpaired) electrons. The van der Waals surface area contributed by atoms with Gasteiger partial charge in [-0.3, -0.25) is 0 Å². The third-order valence-electron chi connectivity index (χ3n) is 6.43. The zero-order valence-electron chi connectivity index (χ0n) is 21.0. The van der Waals surface area contributed by atoms with Crippen LogP contribution in [-0.4, -0.2) is 15.3 Å². The fourth-order valence-electron chi connectivity index (χ4n) is 4.66. The first kappa shape index (κ1) is 24.0. The minimum atomic E-state index is 0.211. The second kappa shape index (κ2) is 9.26. The Kier molecular flexibility index (Phi) is 6.35. The lowest BCUT2D eigenvalue weighted by molar-refractivity contribution is 0.458. The molecule has 0 saturated carbocycles. The summed E-state index contributed by atoms with van der Waals surface area (Å²) in [6.45, 7) is 11.7. The van der Waals surface area contributed by atoms with Gasteiger partial charge in [-0.15, -0.1) is 0 Å². The highest BCUT2D eigenvalue weighted by atomic mass is 16.5. The molecule has 0 saturated heterocycles. The smallest absolute Gasteiger partial charge is 0.151 e. The fourth-order valence-corrected chi connectivity index (χ4v) is 4.66. The van der Waals surface area contributed by atoms with Gasteiger partial charge in [0.1, 0.15) is 23.0 Å². The van der Waals surface area contributed by atoms with Gasteiger partial charge in [-0.25, -0.2) is 0 Å². The van der Waals surface area contributed by atoms with Crippen molar-refractivity contribution in [2.24, 2.45) is 0 Å². The zero-order valence-corrected chi connectivity index (χ0v) is 21.0. The number of anilines is 3. The average molecular weight is 470 g/mol. The van der Waals surface area contributed by atoms with E-state index in [1.165, 1.54) is 0 Å². The Morgan fingerprint density at radius 1 is 0.571 bits per heavy atom. The van der Waals surface area contributed by atoms with Crippen molar-refractivity contribution in [3.05, 3.63) is 94.0 Å². The summed E-state index contributed by atoms with van der Waals surface area (Å²) in [5.41, 5.74) is 7.91. The van der Waals surface area contributed by atoms with Crippen LogP contribution in [0.4, 0.5) is 17.1 Å². The van der Waals surface area contributed by atoms with Crippen molar-refractivity contribution in [2.45, 2.75) is 41.5 Å². The fraction of sp³-hybridized carbons (Fsp3) is 0.200. The van der Waals surface area contributed by atoms with Crippen LogP contribution in [0.15, 0.2) is 60.7 Å². The van der Waals surface area contributed by atoms with E-state index in [9.17, 15) is 15.3 Å². The van der Waals surface area contributed by atoms with E-state index < -0.39 is 0 Å². The van der Waals surface area contributed by atoms with E-state index in [0.717, 1.165) is 50.4 Å². The molecule has 5 nitrogen and oxygen atoms in total. The molecule has 180 valence electrons. The van der Waals surface area contributed by atoms with Gasteiger partial charge in [-0.1, -0.05) is 12.1 Å². The molecule has 3 N–H and O–H groups in total. The average Bonchev–Trinajstić information content (AvgIpc) is 2.77. The molecule has 35 heavy (non-hydrogen) atoms. The Bertz CT molecular complexity index is 1320. The maximum Gasteiger partial charge on any atom is 0.151 e. The molecule has 5 heteroatoms. The van der Waals surface area contributed by atoms with Gasteiger partial charge in [0, 0.05) is 0 Å². The van der Waals surface area contributed by atoms with Crippen LogP contribution >= 0.6 is 0 Å². The molecule has 4 aromatic carbocycles. The number of benzene rings is 4. The number of hydrogen-bond acceptors (Lipinski definition) is 5. The first-order valence-corrected chi connectivity index (χ1v) is 11.5. The molecule has 0 aromatic heterocycles. The number of rotatable bonds is 5. The summed E-state index contributed by atoms with van der Waals surface area (Å²) in [5.74, 6) is 1.95. The number of nitrogens with zero attached hydrogens (tertiary/aromatic N) is 1. The van der Waals surface area contributed by atoms with Gasteiger partial charge in [0.15, 0.2) is 5.75 Å². The Balaban J connectivity index is 1.99. The Morgan fingerprint density at radius 3 is 1.57 bits per heavy atom. The lowest BCUT2D eigenvalue weighted by atomic mass is 10.0. The molecule has 0 fully saturated rings. The van der Waals surface area contributed by atoms with Crippen LogP contribution in [0.3, 0.4) is 0 Å². The number of hydrogen-bond donors (Lipinski definition) is 3. The van der Waals surface area contributed by atoms with Crippen molar-refractivity contribution in [3.63, 3.8) is 0 Å². The summed E-state index contributed by atoms with van der Waals surface area (Å²) in [6, 6.07) is 18.2. The van der Waals surface area contributed by atoms with Gasteiger partial charge in [-0.05, 0) is 123 Å². The highest BCUT2D eigenvalue weighted by molar-refractivity contribution is 5.86. The standard InChI is InChI=1S/C30H31NO4/c1-17-13-23(32)14-18(2)29(17)31(30-19(3)15-24(33)16-20(30)4)25-9-7-8-10-28(25)35-27-12-11-26(34)21(5)22(27)6/h7-16,32-34H,1-6H3. The van der Waals surface area contributed by atoms with Crippen molar-refractivity contribution in [3.8, 4) is 28.7 Å². The SMILES string of the molecule is Cc1cc(O)cc(C)c1N(c1ccccc1Oc1ccc(O)c(C)c1C)c1c(C)cc(O)cc1C. The molecule has 0 aliphatic carbocycles. The van der Waals surface area contributed by atoms with Gasteiger partial charge < -0.3 is 25.0 Å². The van der Waals surface area contributed by atoms with E-state index in [1.807, 2.05) is 65.8 Å². The molecule has 0 spiro atoms. The van der Waals surface area contributed by atoms with Crippen molar-refractivity contribution >= 4 is 17.1 Å². The number of phenolic OH excluding ortho intramolecular Hbond substituents is 3. The normalized spacial score (nSPS) is 10.9. The molecule has 0 aliphatic heterocycles. The van der Waals surface area contributed by atoms with Crippen LogP contribution in [0.1, 0.15) is 33.4 Å². The maximum absolute atomic E-state index is 10.2. The summed E-state index contributed by atoms with van der Waals surface area (Å²) >= 11 is 0. The number of ether oxygens (including phenoxy) is 1. The molecular formula is C30H31NO4. The molecule has 0 unspecified atom stereocenters. The van der Waals surface area contributed by atoms with E-state index in [1.54, 1.807) is 36.4 Å². The van der Waals surface area contributed by atoms with Gasteiger partial charge in [-0.2, -0.15) is 0 Å². The number of para-hydroxylation sites is 2. The van der Waals surface area contributed by atoms with Crippen molar-refractivity contribution in [1.29, 1.82) is 0 Å². The minimum absolute atomic E-state index is 0.211. The van der Waals surface area contributed by atoms with Crippen molar-refractivity contribution in [2.75, 3.05) is 4.90 Å². The first-order chi connectivity index (χ1) is 16.6. The molecule has 0 aliphatic rings. The predicted octanol–water partition coefficient (Wildman–Crippen LogP) is 7.92. The summed E-state index contributed by atoms with van der Waals surface area (Å²) in [5, 5.41) is 30.5. The molecule has 4 rings (SSSR count). The molecule has 0 atom stereocenters. The topological polar surface area (TPSA) is 73.2 Å². The molecule has 0 amide bonds. The van der Waals surface area contributed by atoms with E-state index in [0.29, 0.717) is 11.5 Å². The van der Waals surface area contributed by atoms with Gasteiger partial charge in [0.05, 0.1) is 17.1 Å². The summed E-state index contributed by atoms with van der Waals surface area (Å²) < 4.78 is 6.46. The quantitative estimate of drug-likeness (QED) is 0.277. The third-order valence-corrected chi connectivity index (χ3v) is 6.43. The van der Waals surface area contributed by atoms with Crippen LogP contribution in [-0.2, 0) is 0 Å². The van der Waals surface area contributed by atoms with Crippen molar-refractivity contribution in [1.82, 2.24) is 0 Å². The summed E-state index contributed by atoms with van der Waals surface area (Å²) in [4.78, 5) is 2.13. The van der Waals surface area contributed by atoms with E-state index in [-0.39, 0.29) is 17.2 Å². The van der Waals surface area contributed by atoms with Crippen LogP contribution in [0.2, 0.25) is 0 Å². The van der Waals surface area contributed by atoms with Crippen LogP contribution < -0.4 is 9.64 Å². The number of aromatic hydroxyl groups is 3. The van der Waals surface area contributed by atoms with Crippen LogP contribution in [0.25, 0.3) is 0 Å². The van der Waals surface area contributed by atoms with E-state index in [4.69, 9.17) is 4.74 Å². The number of aryl methyl sites for hydroxylation is 4. The van der Waals surface area contributed by atoms with Crippen LogP contribution in [0.5, 0.6) is 28.7 Å². The Morgan fingerprint density at radius 2 is 1.06 bits per heavy atom. The van der Waals surface area contributed by atoms with Crippen LogP contribution in [0, 0.1) is 41.5 Å². The number of phenols is 3. The lowest BCUT2D eigenvalue weighted by Gasteiger charge is -2.32. The highest BCUT2D eigenvalue weighted by Gasteiger charge is 2.24. The monoisotopic (exact) mass is 469 g/mol. The second-order valence-corrected chi connectivity index (χ2v) is 9.09. The Hall–Kier alpha value is -4.12. The zero-order chi connectivity index (χ0) is 25.4. The van der Waals surface area contributed by atoms with Gasteiger partial charge >= 0.3 is 0 Å². The molecule has 4 aromatic rings. The second-order valence-electron chi connectivity index (χ2n) is 9.09. The highest BCUT2D eigenvalue weighted by Crippen LogP contribution is 2.48. The van der Waals surface area contributed by atoms with E-state index >= 15 is 0 Å². The third kappa shape index (κ3) is 4.50. The summed E-state index contributed by atoms with van der Waals surface area (Å²) in [6.07, 6.45) is 0. The predicted molar refractivity (Wildman–Crippen MR) is 141 cm³/mol. The lowest BCUT2D eigenvalue weighted by Crippen LogP contribution is -2.16. The van der Waals surface area contributed by atoms with E-state index in [2.05, 4.69) is 4.90 Å². The minimum Gasteiger partial charge on any atom is -0.508 e. The largest absolute Gasteiger partial charge is 0.508 e.